The lowest BCUT2D eigenvalue weighted by Gasteiger charge is -2.55. The molecule has 1 spiro atoms. The smallest absolute Gasteiger partial charge is 0.373 e. The second-order valence-corrected chi connectivity index (χ2v) is 8.50. The van der Waals surface area contributed by atoms with E-state index in [1.807, 2.05) is 0 Å². The standard InChI is InChI=1S/C15H24BN4OS/c1-10(2)12-7-22-14(18-12)19-13-17-8-15(21-13)9-20(16)5-3-11(15)4-6-20/h7,10-11H,3-6,8-9,16H2,1-2H3,(H,17,18,19)/q+1. The predicted molar refractivity (Wildman–Crippen MR) is 92.1 cm³/mol. The van der Waals surface area contributed by atoms with Crippen molar-refractivity contribution in [3.63, 3.8) is 0 Å². The van der Waals surface area contributed by atoms with Crippen LogP contribution in [0.4, 0.5) is 5.13 Å². The molecule has 1 atom stereocenters. The SMILES string of the molecule is B[N+]12CCC(CC1)C1(CN=C(Nc3nc(C(C)C)cs3)O1)C2. The summed E-state index contributed by atoms with van der Waals surface area (Å²) in [6.45, 7) is 8.81. The molecule has 22 heavy (non-hydrogen) atoms. The predicted octanol–water partition coefficient (Wildman–Crippen LogP) is 1.59. The van der Waals surface area contributed by atoms with Crippen molar-refractivity contribution in [3.05, 3.63) is 11.1 Å². The maximum Gasteiger partial charge on any atom is 0.373 e. The Balaban J connectivity index is 1.46. The van der Waals surface area contributed by atoms with Crippen LogP contribution in [-0.2, 0) is 4.74 Å². The molecule has 118 valence electrons. The van der Waals surface area contributed by atoms with Gasteiger partial charge in [0.2, 0.25) is 0 Å². The first kappa shape index (κ1) is 14.5. The molecular weight excluding hydrogens is 295 g/mol. The fraction of sp³-hybridized carbons (Fsp3) is 0.733. The van der Waals surface area contributed by atoms with Crippen LogP contribution in [-0.4, -0.2) is 55.2 Å². The molecule has 3 saturated heterocycles. The number of nitrogens with zero attached hydrogens (tertiary/aromatic N) is 3. The third kappa shape index (κ3) is 2.34. The molecule has 0 saturated carbocycles. The summed E-state index contributed by atoms with van der Waals surface area (Å²) in [4.78, 5) is 9.26. The molecule has 0 aliphatic carbocycles. The Kier molecular flexibility index (Phi) is 3.27. The average Bonchev–Trinajstić information content (AvgIpc) is 3.08. The number of fused-ring (bicyclic) bond motifs is 2. The fourth-order valence-corrected chi connectivity index (χ4v) is 5.03. The highest BCUT2D eigenvalue weighted by Gasteiger charge is 2.57. The molecule has 1 aromatic rings. The van der Waals surface area contributed by atoms with E-state index in [-0.39, 0.29) is 5.60 Å². The Bertz CT molecular complexity index is 608. The van der Waals surface area contributed by atoms with Gasteiger partial charge < -0.3 is 9.13 Å². The van der Waals surface area contributed by atoms with Crippen molar-refractivity contribution in [2.75, 3.05) is 31.5 Å². The molecule has 4 aliphatic heterocycles. The van der Waals surface area contributed by atoms with Crippen LogP contribution in [0.2, 0.25) is 0 Å². The number of hydrogen-bond acceptors (Lipinski definition) is 5. The third-order valence-electron chi connectivity index (χ3n) is 5.55. The molecule has 2 bridgehead atoms. The Morgan fingerprint density at radius 2 is 2.23 bits per heavy atom. The number of anilines is 1. The van der Waals surface area contributed by atoms with Crippen LogP contribution in [0.5, 0.6) is 0 Å². The van der Waals surface area contributed by atoms with Gasteiger partial charge in [0, 0.05) is 24.1 Å². The van der Waals surface area contributed by atoms with Gasteiger partial charge in [-0.15, -0.1) is 11.3 Å². The van der Waals surface area contributed by atoms with E-state index in [0.29, 0.717) is 17.9 Å². The molecule has 1 unspecified atom stereocenters. The summed E-state index contributed by atoms with van der Waals surface area (Å²) in [5.41, 5.74) is 1.06. The number of aliphatic imine (C=N–C) groups is 1. The van der Waals surface area contributed by atoms with Crippen molar-refractivity contribution in [2.45, 2.75) is 38.2 Å². The zero-order chi connectivity index (χ0) is 15.4. The van der Waals surface area contributed by atoms with Crippen LogP contribution < -0.4 is 5.32 Å². The molecule has 5 nitrogen and oxygen atoms in total. The third-order valence-corrected chi connectivity index (χ3v) is 6.32. The van der Waals surface area contributed by atoms with Crippen LogP contribution in [0.15, 0.2) is 10.4 Å². The Hall–Kier alpha value is -1.08. The van der Waals surface area contributed by atoms with Gasteiger partial charge in [0.1, 0.15) is 6.54 Å². The van der Waals surface area contributed by atoms with Crippen LogP contribution in [0.25, 0.3) is 0 Å². The summed E-state index contributed by atoms with van der Waals surface area (Å²) in [5, 5.41) is 6.29. The minimum atomic E-state index is -0.0638. The summed E-state index contributed by atoms with van der Waals surface area (Å²) in [7, 11) is 2.36. The normalized spacial score (nSPS) is 36.7. The first-order valence-corrected chi connectivity index (χ1v) is 9.16. The van der Waals surface area contributed by atoms with Gasteiger partial charge in [-0.3, -0.25) is 5.32 Å². The minimum Gasteiger partial charge on any atom is -0.450 e. The van der Waals surface area contributed by atoms with Gasteiger partial charge in [0.15, 0.2) is 10.7 Å². The van der Waals surface area contributed by atoms with Gasteiger partial charge in [0.25, 0.3) is 6.02 Å². The van der Waals surface area contributed by atoms with E-state index in [1.54, 1.807) is 11.3 Å². The van der Waals surface area contributed by atoms with Crippen molar-refractivity contribution in [3.8, 4) is 0 Å². The number of rotatable bonds is 2. The summed E-state index contributed by atoms with van der Waals surface area (Å²) >= 11 is 1.63. The highest BCUT2D eigenvalue weighted by Crippen LogP contribution is 2.43. The lowest BCUT2D eigenvalue weighted by atomic mass is 9.72. The van der Waals surface area contributed by atoms with Gasteiger partial charge in [-0.05, 0) is 5.92 Å². The molecular formula is C15H24BN4OS+. The zero-order valence-electron chi connectivity index (χ0n) is 13.6. The van der Waals surface area contributed by atoms with Gasteiger partial charge in [-0.2, -0.15) is 0 Å². The molecule has 1 aromatic heterocycles. The highest BCUT2D eigenvalue weighted by molar-refractivity contribution is 7.13. The number of quaternary nitrogens is 1. The summed E-state index contributed by atoms with van der Waals surface area (Å²) < 4.78 is 7.50. The second-order valence-electron chi connectivity index (χ2n) is 7.64. The Morgan fingerprint density at radius 1 is 1.45 bits per heavy atom. The molecule has 7 heteroatoms. The Morgan fingerprint density at radius 3 is 2.86 bits per heavy atom. The minimum absolute atomic E-state index is 0.0638. The van der Waals surface area contributed by atoms with E-state index in [2.05, 4.69) is 42.5 Å². The first-order valence-electron chi connectivity index (χ1n) is 8.28. The zero-order valence-corrected chi connectivity index (χ0v) is 14.4. The monoisotopic (exact) mass is 319 g/mol. The number of piperidine rings is 3. The average molecular weight is 319 g/mol. The maximum atomic E-state index is 6.35. The number of amidine groups is 1. The number of hydrogen-bond donors (Lipinski definition) is 1. The van der Waals surface area contributed by atoms with Crippen LogP contribution in [0, 0.1) is 5.92 Å². The molecule has 3 fully saturated rings. The topological polar surface area (TPSA) is 46.5 Å². The van der Waals surface area contributed by atoms with E-state index in [4.69, 9.17) is 4.74 Å². The maximum absolute atomic E-state index is 6.35. The van der Waals surface area contributed by atoms with Gasteiger partial charge in [-0.1, -0.05) is 13.8 Å². The van der Waals surface area contributed by atoms with E-state index in [1.165, 1.54) is 25.9 Å². The summed E-state index contributed by atoms with van der Waals surface area (Å²) in [6.07, 6.45) is 2.54. The molecule has 0 aromatic carbocycles. The molecule has 0 radical (unpaired) electrons. The van der Waals surface area contributed by atoms with E-state index < -0.39 is 0 Å². The molecule has 0 amide bonds. The number of ether oxygens (including phenoxy) is 1. The van der Waals surface area contributed by atoms with Crippen LogP contribution in [0.1, 0.15) is 38.3 Å². The van der Waals surface area contributed by atoms with Gasteiger partial charge in [-0.25, -0.2) is 9.98 Å². The first-order chi connectivity index (χ1) is 10.5. The molecule has 5 heterocycles. The van der Waals surface area contributed by atoms with Crippen molar-refractivity contribution < 1.29 is 9.13 Å². The van der Waals surface area contributed by atoms with Crippen LogP contribution >= 0.6 is 11.3 Å². The fourth-order valence-electron chi connectivity index (χ4n) is 4.17. The van der Waals surface area contributed by atoms with Gasteiger partial charge in [0.05, 0.1) is 25.3 Å². The Labute approximate surface area is 136 Å². The number of nitrogens with one attached hydrogen (secondary N) is 1. The van der Waals surface area contributed by atoms with Crippen molar-refractivity contribution >= 4 is 30.5 Å². The number of aromatic nitrogens is 1. The summed E-state index contributed by atoms with van der Waals surface area (Å²) in [6, 6.07) is 0.671. The largest absolute Gasteiger partial charge is 0.450 e. The highest BCUT2D eigenvalue weighted by atomic mass is 32.1. The van der Waals surface area contributed by atoms with Crippen molar-refractivity contribution in [1.82, 2.24) is 4.98 Å². The molecule has 4 aliphatic rings. The number of thiazole rings is 1. The van der Waals surface area contributed by atoms with E-state index >= 15 is 0 Å². The quantitative estimate of drug-likeness (QED) is 0.842. The molecule has 5 rings (SSSR count). The van der Waals surface area contributed by atoms with Gasteiger partial charge >= 0.3 is 7.98 Å². The van der Waals surface area contributed by atoms with Crippen molar-refractivity contribution in [1.29, 1.82) is 0 Å². The van der Waals surface area contributed by atoms with E-state index in [0.717, 1.165) is 28.3 Å². The summed E-state index contributed by atoms with van der Waals surface area (Å²) in [5.74, 6) is 1.12. The van der Waals surface area contributed by atoms with Crippen molar-refractivity contribution in [2.24, 2.45) is 10.9 Å². The van der Waals surface area contributed by atoms with Crippen LogP contribution in [0.3, 0.4) is 0 Å². The molecule has 1 N–H and O–H groups in total. The lowest BCUT2D eigenvalue weighted by Crippen LogP contribution is -2.69. The second kappa shape index (κ2) is 4.96. The van der Waals surface area contributed by atoms with E-state index in [9.17, 15) is 0 Å². The lowest BCUT2D eigenvalue weighted by molar-refractivity contribution is -0.845.